The summed E-state index contributed by atoms with van der Waals surface area (Å²) in [6, 6.07) is 7.91. The maximum atomic E-state index is 5.78. The first-order valence-electron chi connectivity index (χ1n) is 7.01. The van der Waals surface area contributed by atoms with Crippen LogP contribution in [0.15, 0.2) is 33.2 Å². The third kappa shape index (κ3) is 2.94. The zero-order valence-corrected chi connectivity index (χ0v) is 13.7. The number of hydrogen-bond donors (Lipinski definition) is 1. The van der Waals surface area contributed by atoms with Gasteiger partial charge in [0.1, 0.15) is 11.5 Å². The molecule has 0 saturated heterocycles. The molecule has 0 radical (unpaired) electrons. The molecule has 1 aliphatic heterocycles. The molecule has 1 aliphatic rings. The van der Waals surface area contributed by atoms with Crippen molar-refractivity contribution in [2.75, 3.05) is 20.3 Å². The topological polar surface area (TPSA) is 43.6 Å². The van der Waals surface area contributed by atoms with Gasteiger partial charge in [0.05, 0.1) is 19.3 Å². The van der Waals surface area contributed by atoms with Gasteiger partial charge in [0.15, 0.2) is 11.5 Å². The molecular formula is C16H18BrNO3. The second-order valence-corrected chi connectivity index (χ2v) is 5.90. The van der Waals surface area contributed by atoms with Crippen LogP contribution in [0, 0.1) is 6.92 Å². The van der Waals surface area contributed by atoms with E-state index in [0.717, 1.165) is 39.5 Å². The Kier molecular flexibility index (Phi) is 4.22. The third-order valence-corrected chi connectivity index (χ3v) is 4.20. The van der Waals surface area contributed by atoms with E-state index >= 15 is 0 Å². The van der Waals surface area contributed by atoms with Gasteiger partial charge >= 0.3 is 0 Å². The molecule has 1 aromatic heterocycles. The molecule has 0 spiro atoms. The van der Waals surface area contributed by atoms with Crippen molar-refractivity contribution in [1.82, 2.24) is 5.32 Å². The molecule has 0 amide bonds. The highest BCUT2D eigenvalue weighted by Crippen LogP contribution is 2.39. The number of halogens is 1. The molecule has 1 N–H and O–H groups in total. The predicted molar refractivity (Wildman–Crippen MR) is 84.1 cm³/mol. The van der Waals surface area contributed by atoms with Crippen LogP contribution in [0.2, 0.25) is 0 Å². The van der Waals surface area contributed by atoms with Crippen molar-refractivity contribution in [3.8, 4) is 11.5 Å². The number of hydrogen-bond acceptors (Lipinski definition) is 4. The fraction of sp³-hybridized carbons (Fsp3) is 0.375. The summed E-state index contributed by atoms with van der Waals surface area (Å²) in [5.41, 5.74) is 1.07. The zero-order chi connectivity index (χ0) is 14.8. The van der Waals surface area contributed by atoms with Gasteiger partial charge in [-0.1, -0.05) is 15.9 Å². The highest BCUT2D eigenvalue weighted by molar-refractivity contribution is 9.10. The Labute approximate surface area is 132 Å². The quantitative estimate of drug-likeness (QED) is 0.912. The average molecular weight is 352 g/mol. The van der Waals surface area contributed by atoms with E-state index in [0.29, 0.717) is 13.2 Å². The maximum Gasteiger partial charge on any atom is 0.162 e. The third-order valence-electron chi connectivity index (χ3n) is 3.51. The number of furan rings is 1. The Bertz CT molecular complexity index is 638. The van der Waals surface area contributed by atoms with Crippen molar-refractivity contribution in [3.63, 3.8) is 0 Å². The van der Waals surface area contributed by atoms with Gasteiger partial charge in [0, 0.05) is 10.9 Å². The minimum atomic E-state index is -0.0368. The van der Waals surface area contributed by atoms with Gasteiger partial charge in [-0.05, 0) is 43.8 Å². The van der Waals surface area contributed by atoms with Crippen molar-refractivity contribution < 1.29 is 13.9 Å². The summed E-state index contributed by atoms with van der Waals surface area (Å²) in [6.45, 7) is 3.31. The molecule has 4 nitrogen and oxygen atoms in total. The molecule has 0 fully saturated rings. The van der Waals surface area contributed by atoms with Crippen molar-refractivity contribution in [1.29, 1.82) is 0 Å². The van der Waals surface area contributed by atoms with Crippen molar-refractivity contribution in [2.45, 2.75) is 19.4 Å². The number of rotatable bonds is 3. The van der Waals surface area contributed by atoms with Crippen LogP contribution in [0.25, 0.3) is 0 Å². The van der Waals surface area contributed by atoms with Gasteiger partial charge in [-0.2, -0.15) is 0 Å². The minimum Gasteiger partial charge on any atom is -0.490 e. The van der Waals surface area contributed by atoms with Crippen LogP contribution in [-0.4, -0.2) is 20.3 Å². The number of fused-ring (bicyclic) bond motifs is 1. The summed E-state index contributed by atoms with van der Waals surface area (Å²) in [5.74, 6) is 3.35. The van der Waals surface area contributed by atoms with Crippen LogP contribution in [0.4, 0.5) is 0 Å². The van der Waals surface area contributed by atoms with Crippen LogP contribution in [-0.2, 0) is 0 Å². The lowest BCUT2D eigenvalue weighted by Gasteiger charge is -2.18. The van der Waals surface area contributed by atoms with E-state index in [1.807, 2.05) is 38.2 Å². The fourth-order valence-electron chi connectivity index (χ4n) is 2.48. The van der Waals surface area contributed by atoms with Crippen LogP contribution < -0.4 is 14.8 Å². The summed E-state index contributed by atoms with van der Waals surface area (Å²) in [4.78, 5) is 0. The molecule has 1 aromatic carbocycles. The SMILES string of the molecule is CNC(c1ccc(C)o1)c1cc2c(cc1Br)OCCCO2. The Morgan fingerprint density at radius 2 is 1.86 bits per heavy atom. The number of ether oxygens (including phenoxy) is 2. The zero-order valence-electron chi connectivity index (χ0n) is 12.1. The number of nitrogens with one attached hydrogen (secondary N) is 1. The van der Waals surface area contributed by atoms with Gasteiger partial charge < -0.3 is 19.2 Å². The molecule has 5 heteroatoms. The first-order valence-corrected chi connectivity index (χ1v) is 7.81. The molecule has 3 rings (SSSR count). The number of aryl methyl sites for hydroxylation is 1. The largest absolute Gasteiger partial charge is 0.490 e. The second kappa shape index (κ2) is 6.12. The van der Waals surface area contributed by atoms with E-state index in [1.165, 1.54) is 0 Å². The van der Waals surface area contributed by atoms with E-state index in [-0.39, 0.29) is 6.04 Å². The van der Waals surface area contributed by atoms with E-state index in [1.54, 1.807) is 0 Å². The Morgan fingerprint density at radius 1 is 1.14 bits per heavy atom. The minimum absolute atomic E-state index is 0.0368. The van der Waals surface area contributed by atoms with Gasteiger partial charge in [0.25, 0.3) is 0 Å². The molecule has 21 heavy (non-hydrogen) atoms. The molecule has 2 aromatic rings. The van der Waals surface area contributed by atoms with Gasteiger partial charge in [-0.25, -0.2) is 0 Å². The van der Waals surface area contributed by atoms with Crippen LogP contribution in [0.1, 0.15) is 29.5 Å². The molecule has 2 heterocycles. The maximum absolute atomic E-state index is 5.78. The van der Waals surface area contributed by atoms with Crippen molar-refractivity contribution in [2.24, 2.45) is 0 Å². The van der Waals surface area contributed by atoms with Crippen LogP contribution >= 0.6 is 15.9 Å². The summed E-state index contributed by atoms with van der Waals surface area (Å²) in [6.07, 6.45) is 0.897. The van der Waals surface area contributed by atoms with E-state index in [4.69, 9.17) is 13.9 Å². The lowest BCUT2D eigenvalue weighted by Crippen LogP contribution is -2.17. The molecule has 1 unspecified atom stereocenters. The average Bonchev–Trinajstić information content (AvgIpc) is 2.76. The predicted octanol–water partition coefficient (Wildman–Crippen LogP) is 3.82. The summed E-state index contributed by atoms with van der Waals surface area (Å²) >= 11 is 3.63. The molecule has 0 bridgehead atoms. The molecule has 0 aliphatic carbocycles. The van der Waals surface area contributed by atoms with E-state index in [9.17, 15) is 0 Å². The lowest BCUT2D eigenvalue weighted by molar-refractivity contribution is 0.297. The van der Waals surface area contributed by atoms with Crippen LogP contribution in [0.5, 0.6) is 11.5 Å². The Balaban J connectivity index is 2.02. The standard InChI is InChI=1S/C16H18BrNO3/c1-10-4-5-13(21-10)16(18-2)11-8-14-15(9-12(11)17)20-7-3-6-19-14/h4-5,8-9,16,18H,3,6-7H2,1-2H3. The van der Waals surface area contributed by atoms with E-state index < -0.39 is 0 Å². The first-order chi connectivity index (χ1) is 10.2. The monoisotopic (exact) mass is 351 g/mol. The lowest BCUT2D eigenvalue weighted by atomic mass is 10.0. The van der Waals surface area contributed by atoms with Crippen molar-refractivity contribution in [3.05, 3.63) is 45.8 Å². The van der Waals surface area contributed by atoms with Gasteiger partial charge in [-0.3, -0.25) is 0 Å². The Hall–Kier alpha value is -1.46. The van der Waals surface area contributed by atoms with Crippen LogP contribution in [0.3, 0.4) is 0 Å². The van der Waals surface area contributed by atoms with Gasteiger partial charge in [-0.15, -0.1) is 0 Å². The van der Waals surface area contributed by atoms with Gasteiger partial charge in [0.2, 0.25) is 0 Å². The highest BCUT2D eigenvalue weighted by atomic mass is 79.9. The molecular weight excluding hydrogens is 334 g/mol. The normalized spacial score (nSPS) is 15.6. The first kappa shape index (κ1) is 14.5. The highest BCUT2D eigenvalue weighted by Gasteiger charge is 2.22. The van der Waals surface area contributed by atoms with Crippen molar-refractivity contribution >= 4 is 15.9 Å². The smallest absolute Gasteiger partial charge is 0.162 e. The molecule has 0 saturated carbocycles. The summed E-state index contributed by atoms with van der Waals surface area (Å²) in [7, 11) is 1.91. The number of benzene rings is 1. The van der Waals surface area contributed by atoms with E-state index in [2.05, 4.69) is 21.2 Å². The molecule has 1 atom stereocenters. The Morgan fingerprint density at radius 3 is 2.48 bits per heavy atom. The summed E-state index contributed by atoms with van der Waals surface area (Å²) < 4.78 is 18.2. The summed E-state index contributed by atoms with van der Waals surface area (Å²) in [5, 5.41) is 3.29. The fourth-order valence-corrected chi connectivity index (χ4v) is 3.03. The second-order valence-electron chi connectivity index (χ2n) is 5.04. The molecule has 112 valence electrons.